The summed E-state index contributed by atoms with van der Waals surface area (Å²) >= 11 is 0. The maximum Gasteiger partial charge on any atom is 0.110 e. The van der Waals surface area contributed by atoms with E-state index in [4.69, 9.17) is 11.5 Å². The van der Waals surface area contributed by atoms with Gasteiger partial charge in [0, 0.05) is 6.04 Å². The molecule has 0 radical (unpaired) electrons. The fraction of sp³-hybridized carbons (Fsp3) is 1.00. The zero-order chi connectivity index (χ0) is 13.2. The van der Waals surface area contributed by atoms with Gasteiger partial charge in [0.05, 0.1) is 11.6 Å². The Morgan fingerprint density at radius 2 is 1.50 bits per heavy atom. The van der Waals surface area contributed by atoms with Crippen molar-refractivity contribution < 1.29 is 10.2 Å². The van der Waals surface area contributed by atoms with Crippen LogP contribution in [0.25, 0.3) is 0 Å². The molecule has 0 bridgehead atoms. The molecule has 0 amide bonds. The second-order valence-electron chi connectivity index (χ2n) is 6.29. The first-order valence-corrected chi connectivity index (χ1v) is 7.45. The van der Waals surface area contributed by atoms with Gasteiger partial charge in [0.25, 0.3) is 0 Å². The number of hydrogen-bond acceptors (Lipinski definition) is 4. The number of aliphatic hydroxyl groups excluding tert-OH is 1. The smallest absolute Gasteiger partial charge is 0.110 e. The summed E-state index contributed by atoms with van der Waals surface area (Å²) in [6.45, 7) is 0. The minimum atomic E-state index is -1.20. The summed E-state index contributed by atoms with van der Waals surface area (Å²) < 4.78 is 0. The second kappa shape index (κ2) is 5.45. The Kier molecular flexibility index (Phi) is 4.32. The normalized spacial score (nSPS) is 47.3. The lowest BCUT2D eigenvalue weighted by Crippen LogP contribution is -2.74. The summed E-state index contributed by atoms with van der Waals surface area (Å²) in [6, 6.07) is -0.203. The van der Waals surface area contributed by atoms with Crippen LogP contribution in [0.2, 0.25) is 0 Å². The van der Waals surface area contributed by atoms with E-state index in [0.717, 1.165) is 51.4 Å². The van der Waals surface area contributed by atoms with E-state index in [2.05, 4.69) is 0 Å². The standard InChI is InChI=1S/C14H28N2O2/c15-11-7-4-6-9-13(11,16)14(18)10-5-2-1-3-8-12(14)17/h11-12,17-18H,1-10,15-16H2/t11?,12-,13?,14+/m1/s1. The van der Waals surface area contributed by atoms with Gasteiger partial charge in [0.2, 0.25) is 0 Å². The highest BCUT2D eigenvalue weighted by atomic mass is 16.3. The van der Waals surface area contributed by atoms with Crippen LogP contribution in [-0.4, -0.2) is 33.5 Å². The molecule has 0 aliphatic heterocycles. The molecular weight excluding hydrogens is 228 g/mol. The largest absolute Gasteiger partial charge is 0.390 e. The molecule has 0 heterocycles. The molecule has 0 spiro atoms. The van der Waals surface area contributed by atoms with E-state index in [-0.39, 0.29) is 6.04 Å². The Bertz CT molecular complexity index is 287. The Balaban J connectivity index is 2.24. The van der Waals surface area contributed by atoms with Crippen molar-refractivity contribution in [1.82, 2.24) is 0 Å². The molecule has 0 saturated heterocycles. The van der Waals surface area contributed by atoms with E-state index < -0.39 is 17.2 Å². The molecule has 4 heteroatoms. The molecule has 2 fully saturated rings. The van der Waals surface area contributed by atoms with Crippen LogP contribution in [0.5, 0.6) is 0 Å². The maximum absolute atomic E-state index is 11.0. The van der Waals surface area contributed by atoms with Gasteiger partial charge in [-0.2, -0.15) is 0 Å². The Morgan fingerprint density at radius 1 is 0.889 bits per heavy atom. The summed E-state index contributed by atoms with van der Waals surface area (Å²) in [5.41, 5.74) is 10.7. The minimum absolute atomic E-state index is 0.203. The fourth-order valence-electron chi connectivity index (χ4n) is 3.80. The van der Waals surface area contributed by atoms with Gasteiger partial charge in [-0.15, -0.1) is 0 Å². The van der Waals surface area contributed by atoms with Crippen molar-refractivity contribution in [2.45, 2.75) is 87.5 Å². The first-order valence-electron chi connectivity index (χ1n) is 7.45. The number of rotatable bonds is 1. The van der Waals surface area contributed by atoms with Gasteiger partial charge < -0.3 is 21.7 Å². The van der Waals surface area contributed by atoms with E-state index in [0.29, 0.717) is 12.8 Å². The third kappa shape index (κ3) is 2.31. The van der Waals surface area contributed by atoms with E-state index in [9.17, 15) is 10.2 Å². The lowest BCUT2D eigenvalue weighted by atomic mass is 9.62. The topological polar surface area (TPSA) is 92.5 Å². The highest BCUT2D eigenvalue weighted by molar-refractivity contribution is 5.14. The summed E-state index contributed by atoms with van der Waals surface area (Å²) in [5.74, 6) is 0. The van der Waals surface area contributed by atoms with Crippen LogP contribution in [0.15, 0.2) is 0 Å². The van der Waals surface area contributed by atoms with Crippen LogP contribution in [0.4, 0.5) is 0 Å². The zero-order valence-corrected chi connectivity index (χ0v) is 11.3. The van der Waals surface area contributed by atoms with Crippen molar-refractivity contribution in [3.05, 3.63) is 0 Å². The molecule has 4 atom stereocenters. The van der Waals surface area contributed by atoms with Gasteiger partial charge in [-0.3, -0.25) is 0 Å². The number of nitrogens with two attached hydrogens (primary N) is 2. The summed E-state index contributed by atoms with van der Waals surface area (Å²) in [5, 5.41) is 21.4. The molecule has 0 aromatic carbocycles. The first kappa shape index (κ1) is 14.3. The van der Waals surface area contributed by atoms with Crippen LogP contribution in [0.3, 0.4) is 0 Å². The third-order valence-corrected chi connectivity index (χ3v) is 5.16. The van der Waals surface area contributed by atoms with Crippen LogP contribution >= 0.6 is 0 Å². The second-order valence-corrected chi connectivity index (χ2v) is 6.29. The molecule has 0 aromatic rings. The average Bonchev–Trinajstić information content (AvgIpc) is 2.34. The predicted octanol–water partition coefficient (Wildman–Crippen LogP) is 1.03. The van der Waals surface area contributed by atoms with Crippen LogP contribution in [0, 0.1) is 0 Å². The first-order chi connectivity index (χ1) is 8.51. The Hall–Kier alpha value is -0.160. The lowest BCUT2D eigenvalue weighted by molar-refractivity contribution is -0.149. The fourth-order valence-corrected chi connectivity index (χ4v) is 3.80. The van der Waals surface area contributed by atoms with Crippen LogP contribution in [0.1, 0.15) is 64.2 Å². The minimum Gasteiger partial charge on any atom is -0.390 e. The van der Waals surface area contributed by atoms with Gasteiger partial charge in [-0.05, 0) is 25.7 Å². The van der Waals surface area contributed by atoms with Gasteiger partial charge in [0.15, 0.2) is 0 Å². The summed E-state index contributed by atoms with van der Waals surface area (Å²) in [6.07, 6.45) is 8.29. The highest BCUT2D eigenvalue weighted by Crippen LogP contribution is 2.41. The maximum atomic E-state index is 11.0. The monoisotopic (exact) mass is 256 g/mol. The highest BCUT2D eigenvalue weighted by Gasteiger charge is 2.55. The van der Waals surface area contributed by atoms with Crippen LogP contribution < -0.4 is 11.5 Å². The molecule has 6 N–H and O–H groups in total. The van der Waals surface area contributed by atoms with Crippen molar-refractivity contribution in [3.63, 3.8) is 0 Å². The molecule has 2 saturated carbocycles. The van der Waals surface area contributed by atoms with E-state index >= 15 is 0 Å². The van der Waals surface area contributed by atoms with E-state index in [1.54, 1.807) is 0 Å². The number of aliphatic hydroxyl groups is 2. The van der Waals surface area contributed by atoms with Gasteiger partial charge in [0.1, 0.15) is 5.60 Å². The van der Waals surface area contributed by atoms with E-state index in [1.807, 2.05) is 0 Å². The third-order valence-electron chi connectivity index (χ3n) is 5.16. The number of hydrogen-bond donors (Lipinski definition) is 4. The van der Waals surface area contributed by atoms with Gasteiger partial charge in [-0.25, -0.2) is 0 Å². The molecule has 2 rings (SSSR count). The summed E-state index contributed by atoms with van der Waals surface area (Å²) in [4.78, 5) is 0. The van der Waals surface area contributed by atoms with Gasteiger partial charge in [-0.1, -0.05) is 38.5 Å². The van der Waals surface area contributed by atoms with Crippen molar-refractivity contribution in [1.29, 1.82) is 0 Å². The Labute approximate surface area is 110 Å². The van der Waals surface area contributed by atoms with E-state index in [1.165, 1.54) is 0 Å². The molecule has 106 valence electrons. The molecule has 2 aliphatic rings. The quantitative estimate of drug-likeness (QED) is 0.564. The lowest BCUT2D eigenvalue weighted by Gasteiger charge is -2.53. The Morgan fingerprint density at radius 3 is 2.22 bits per heavy atom. The zero-order valence-electron chi connectivity index (χ0n) is 11.3. The SMILES string of the molecule is NC1CCCCC1(N)[C@]1(O)CCCCCC[C@H]1O. The average molecular weight is 256 g/mol. The summed E-state index contributed by atoms with van der Waals surface area (Å²) in [7, 11) is 0. The predicted molar refractivity (Wildman–Crippen MR) is 72.0 cm³/mol. The molecular formula is C14H28N2O2. The molecule has 2 aliphatic carbocycles. The van der Waals surface area contributed by atoms with Crippen LogP contribution in [-0.2, 0) is 0 Å². The van der Waals surface area contributed by atoms with Gasteiger partial charge >= 0.3 is 0 Å². The van der Waals surface area contributed by atoms with Crippen molar-refractivity contribution >= 4 is 0 Å². The molecule has 18 heavy (non-hydrogen) atoms. The van der Waals surface area contributed by atoms with Crippen molar-refractivity contribution in [2.24, 2.45) is 11.5 Å². The molecule has 2 unspecified atom stereocenters. The molecule has 4 nitrogen and oxygen atoms in total. The molecule has 0 aromatic heterocycles. The van der Waals surface area contributed by atoms with Crippen molar-refractivity contribution in [2.75, 3.05) is 0 Å². The van der Waals surface area contributed by atoms with Crippen molar-refractivity contribution in [3.8, 4) is 0 Å².